The predicted octanol–water partition coefficient (Wildman–Crippen LogP) is 5.15. The monoisotopic (exact) mass is 825 g/mol. The summed E-state index contributed by atoms with van der Waals surface area (Å²) in [4.78, 5) is 39.9. The van der Waals surface area contributed by atoms with Crippen LogP contribution < -0.4 is 20.4 Å². The van der Waals surface area contributed by atoms with Crippen molar-refractivity contribution in [2.24, 2.45) is 0 Å². The summed E-state index contributed by atoms with van der Waals surface area (Å²) in [7, 11) is 0. The summed E-state index contributed by atoms with van der Waals surface area (Å²) in [5.74, 6) is -5.07. The van der Waals surface area contributed by atoms with Crippen molar-refractivity contribution in [3.8, 4) is 0 Å². The van der Waals surface area contributed by atoms with E-state index in [4.69, 9.17) is 39.5 Å². The van der Waals surface area contributed by atoms with Crippen molar-refractivity contribution >= 4 is 112 Å². The van der Waals surface area contributed by atoms with Crippen LogP contribution in [0.5, 0.6) is 0 Å². The van der Waals surface area contributed by atoms with Gasteiger partial charge in [0, 0.05) is 24.5 Å². The number of carbonyl (C=O) groups excluding carboxylic acids is 3. The quantitative estimate of drug-likeness (QED) is 0.235. The lowest BCUT2D eigenvalue weighted by molar-refractivity contribution is -0.173. The van der Waals surface area contributed by atoms with Gasteiger partial charge in [0.25, 0.3) is 9.70 Å². The molecule has 1 unspecified atom stereocenters. The van der Waals surface area contributed by atoms with Gasteiger partial charge >= 0.3 is 18.2 Å². The molecule has 3 rings (SSSR count). The predicted molar refractivity (Wildman–Crippen MR) is 153 cm³/mol. The zero-order valence-corrected chi connectivity index (χ0v) is 27.3. The van der Waals surface area contributed by atoms with E-state index in [1.165, 1.54) is 16.7 Å². The van der Waals surface area contributed by atoms with Crippen molar-refractivity contribution in [2.45, 2.75) is 37.1 Å². The molecule has 0 saturated carbocycles. The molecule has 9 nitrogen and oxygen atoms in total. The zero-order chi connectivity index (χ0) is 30.3. The number of ether oxygens (including phenoxy) is 1. The van der Waals surface area contributed by atoms with Gasteiger partial charge in [0.2, 0.25) is 0 Å². The summed E-state index contributed by atoms with van der Waals surface area (Å²) in [5, 5.41) is 4.20. The summed E-state index contributed by atoms with van der Waals surface area (Å²) < 4.78 is 54.8. The highest BCUT2D eigenvalue weighted by Crippen LogP contribution is 2.43. The van der Waals surface area contributed by atoms with Crippen LogP contribution in [0.25, 0.3) is 0 Å². The zero-order valence-electron chi connectivity index (χ0n) is 20.3. The molecule has 0 aliphatic carbocycles. The van der Waals surface area contributed by atoms with Crippen molar-refractivity contribution in [1.29, 1.82) is 0 Å². The first-order valence-corrected chi connectivity index (χ1v) is 14.8. The lowest BCUT2D eigenvalue weighted by atomic mass is 10.1. The molecule has 2 aliphatic rings. The number of hydrogen-bond acceptors (Lipinski definition) is 6. The number of cyclic esters (lactones) is 1. The number of rotatable bonds is 6. The van der Waals surface area contributed by atoms with E-state index in [0.29, 0.717) is 17.9 Å². The van der Waals surface area contributed by atoms with E-state index in [0.717, 1.165) is 0 Å². The SMILES string of the molecule is C[C@]1(F)CN(c2ccc(N3CC(CNC(=O)C(F)(F)F)OC3=O)cc2)CCN1[C@@H](NC(=O)C(Cl)(Cl)Cl)C(Br)(Br)Br. The molecule has 0 radical (unpaired) electrons. The first-order chi connectivity index (χ1) is 18.2. The second-order valence-corrected chi connectivity index (χ2v) is 18.2. The largest absolute Gasteiger partial charge is 0.471 e. The Hall–Kier alpha value is -0.780. The fraction of sp³-hybridized carbons (Fsp3) is 0.571. The number of nitrogens with one attached hydrogen (secondary N) is 2. The van der Waals surface area contributed by atoms with Crippen LogP contribution in [0, 0.1) is 0 Å². The third-order valence-corrected chi connectivity index (χ3v) is 7.80. The van der Waals surface area contributed by atoms with Crippen LogP contribution in [0.1, 0.15) is 6.92 Å². The van der Waals surface area contributed by atoms with Crippen LogP contribution in [0.15, 0.2) is 24.3 Å². The number of halogens is 10. The lowest BCUT2D eigenvalue weighted by Gasteiger charge is -2.50. The molecule has 2 saturated heterocycles. The highest BCUT2D eigenvalue weighted by atomic mass is 80.0. The summed E-state index contributed by atoms with van der Waals surface area (Å²) >= 11 is 27.0. The minimum atomic E-state index is -5.04. The number of piperazine rings is 1. The van der Waals surface area contributed by atoms with Gasteiger partial charge in [0.15, 0.2) is 7.94 Å². The van der Waals surface area contributed by atoms with E-state index in [2.05, 4.69) is 53.1 Å². The molecule has 19 heteroatoms. The smallest absolute Gasteiger partial charge is 0.442 e. The summed E-state index contributed by atoms with van der Waals surface area (Å²) in [5.41, 5.74) is 1.02. The lowest BCUT2D eigenvalue weighted by Crippen LogP contribution is -2.68. The van der Waals surface area contributed by atoms with Gasteiger partial charge in [-0.15, -0.1) is 0 Å². The number of alkyl halides is 10. The number of hydrogen-bond donors (Lipinski definition) is 2. The Bertz CT molecular complexity index is 1120. The van der Waals surface area contributed by atoms with E-state index in [-0.39, 0.29) is 19.6 Å². The Morgan fingerprint density at radius 1 is 1.10 bits per heavy atom. The molecule has 2 fully saturated rings. The molecule has 2 N–H and O–H groups in total. The second kappa shape index (κ2) is 12.4. The van der Waals surface area contributed by atoms with Gasteiger partial charge in [-0.2, -0.15) is 13.2 Å². The Kier molecular flexibility index (Phi) is 10.5. The van der Waals surface area contributed by atoms with Crippen molar-refractivity contribution in [2.75, 3.05) is 42.5 Å². The molecule has 2 heterocycles. The van der Waals surface area contributed by atoms with Crippen LogP contribution in [-0.2, 0) is 14.3 Å². The van der Waals surface area contributed by atoms with Crippen LogP contribution in [0.3, 0.4) is 0 Å². The first-order valence-electron chi connectivity index (χ1n) is 11.3. The molecular weight excluding hydrogens is 808 g/mol. The maximum Gasteiger partial charge on any atom is 0.471 e. The molecule has 1 aromatic rings. The maximum absolute atomic E-state index is 16.0. The molecule has 224 valence electrons. The second-order valence-electron chi connectivity index (χ2n) is 9.01. The standard InChI is InChI=1S/C21H21Br3Cl3F4N5O4/c1-18(28)10-34(6-7-36(18)14(19(22,23)24)33-15(37)20(25,26)27)11-2-4-12(5-3-11)35-9-13(40-17(35)39)8-32-16(38)21(29,30)31/h2-5,13-14H,6-10H2,1H3,(H,32,38)(H,33,37)/t13?,14-,18-/m1/s1. The number of amides is 3. The molecule has 2 aliphatic heterocycles. The van der Waals surface area contributed by atoms with Gasteiger partial charge in [-0.05, 0) is 31.2 Å². The Morgan fingerprint density at radius 2 is 1.68 bits per heavy atom. The number of carbonyl (C=O) groups is 3. The van der Waals surface area contributed by atoms with Crippen LogP contribution >= 0.6 is 82.6 Å². The minimum absolute atomic E-state index is 0.0772. The summed E-state index contributed by atoms with van der Waals surface area (Å²) in [6, 6.07) is 6.47. The molecular formula is C21H21Br3Cl3F4N5O4. The highest BCUT2D eigenvalue weighted by Gasteiger charge is 2.49. The fourth-order valence-electron chi connectivity index (χ4n) is 4.13. The fourth-order valence-corrected chi connectivity index (χ4v) is 5.38. The van der Waals surface area contributed by atoms with Crippen LogP contribution in [0.2, 0.25) is 0 Å². The average molecular weight is 829 g/mol. The van der Waals surface area contributed by atoms with Crippen molar-refractivity contribution in [3.05, 3.63) is 24.3 Å². The Morgan fingerprint density at radius 3 is 2.17 bits per heavy atom. The number of anilines is 2. The van der Waals surface area contributed by atoms with Gasteiger partial charge in [-0.3, -0.25) is 14.5 Å². The van der Waals surface area contributed by atoms with Crippen molar-refractivity contribution in [1.82, 2.24) is 15.5 Å². The average Bonchev–Trinajstić information content (AvgIpc) is 3.19. The molecule has 40 heavy (non-hydrogen) atoms. The molecule has 3 atom stereocenters. The summed E-state index contributed by atoms with van der Waals surface area (Å²) in [6.45, 7) is 1.09. The van der Waals surface area contributed by atoms with Gasteiger partial charge in [0.05, 0.1) is 19.6 Å². The molecule has 0 aromatic heterocycles. The van der Waals surface area contributed by atoms with Crippen LogP contribution in [-0.4, -0.2) is 85.7 Å². The van der Waals surface area contributed by atoms with Crippen molar-refractivity contribution < 1.29 is 36.7 Å². The van der Waals surface area contributed by atoms with Crippen LogP contribution in [0.4, 0.5) is 33.7 Å². The molecule has 0 bridgehead atoms. The first kappa shape index (κ1) is 33.7. The van der Waals surface area contributed by atoms with E-state index < -0.39 is 54.6 Å². The van der Waals surface area contributed by atoms with E-state index in [1.54, 1.807) is 34.5 Å². The number of benzene rings is 1. The normalized spacial score (nSPS) is 23.6. The Balaban J connectivity index is 1.66. The third-order valence-electron chi connectivity index (χ3n) is 5.98. The van der Waals surface area contributed by atoms with Gasteiger partial charge in [-0.25, -0.2) is 14.1 Å². The summed E-state index contributed by atoms with van der Waals surface area (Å²) in [6.07, 6.45) is -7.84. The Labute approximate surface area is 266 Å². The number of nitrogens with zero attached hydrogens (tertiary/aromatic N) is 3. The van der Waals surface area contributed by atoms with Crippen molar-refractivity contribution in [3.63, 3.8) is 0 Å². The molecule has 3 amide bonds. The van der Waals surface area contributed by atoms with E-state index in [9.17, 15) is 27.6 Å². The van der Waals surface area contributed by atoms with E-state index >= 15 is 4.39 Å². The molecule has 1 aromatic carbocycles. The van der Waals surface area contributed by atoms with Gasteiger partial charge in [0.1, 0.15) is 12.3 Å². The highest BCUT2D eigenvalue weighted by molar-refractivity contribution is 9.39. The van der Waals surface area contributed by atoms with Gasteiger partial charge < -0.3 is 20.3 Å². The maximum atomic E-state index is 16.0. The minimum Gasteiger partial charge on any atom is -0.442 e. The molecule has 0 spiro atoms. The van der Waals surface area contributed by atoms with E-state index in [1.807, 2.05) is 0 Å². The topological polar surface area (TPSA) is 94.2 Å². The van der Waals surface area contributed by atoms with Gasteiger partial charge in [-0.1, -0.05) is 82.6 Å². The third kappa shape index (κ3) is 8.40.